The molecule has 0 saturated heterocycles. The van der Waals surface area contributed by atoms with E-state index in [4.69, 9.17) is 0 Å². The number of hydrogen-bond donors (Lipinski definition) is 1. The van der Waals surface area contributed by atoms with Crippen LogP contribution >= 0.6 is 0 Å². The molecule has 1 N–H and O–H groups in total. The summed E-state index contributed by atoms with van der Waals surface area (Å²) in [5, 5.41) is 13.9. The maximum atomic E-state index is 13.1. The number of nitro groups is 1. The van der Waals surface area contributed by atoms with E-state index in [1.807, 2.05) is 19.1 Å². The Morgan fingerprint density at radius 2 is 1.46 bits per heavy atom. The summed E-state index contributed by atoms with van der Waals surface area (Å²) in [5.41, 5.74) is 0.878. The zero-order chi connectivity index (χ0) is 20.3. The van der Waals surface area contributed by atoms with E-state index in [9.17, 15) is 23.3 Å². The fourth-order valence-corrected chi connectivity index (χ4v) is 4.30. The van der Waals surface area contributed by atoms with Crippen LogP contribution < -0.4 is 5.32 Å². The Kier molecular flexibility index (Phi) is 5.23. The minimum absolute atomic E-state index is 0.0961. The number of nitrogens with one attached hydrogen (secondary N) is 1. The highest BCUT2D eigenvalue weighted by molar-refractivity contribution is 7.91. The lowest BCUT2D eigenvalue weighted by molar-refractivity contribution is -0.387. The number of carbonyl (C=O) groups is 1. The number of nitrogens with zero attached hydrogens (tertiary/aromatic N) is 1. The summed E-state index contributed by atoms with van der Waals surface area (Å²) in [4.78, 5) is 22.4. The number of sulfone groups is 1. The maximum Gasteiger partial charge on any atom is 0.288 e. The van der Waals surface area contributed by atoms with Crippen LogP contribution in [0, 0.1) is 17.0 Å². The topological polar surface area (TPSA) is 106 Å². The highest BCUT2D eigenvalue weighted by Crippen LogP contribution is 2.31. The van der Waals surface area contributed by atoms with Gasteiger partial charge >= 0.3 is 0 Å². The summed E-state index contributed by atoms with van der Waals surface area (Å²) >= 11 is 0. The Labute approximate surface area is 161 Å². The molecule has 0 fully saturated rings. The van der Waals surface area contributed by atoms with E-state index in [1.54, 1.807) is 12.1 Å². The molecule has 28 heavy (non-hydrogen) atoms. The van der Waals surface area contributed by atoms with E-state index in [2.05, 4.69) is 5.32 Å². The predicted molar refractivity (Wildman–Crippen MR) is 104 cm³/mol. The fraction of sp³-hybridized carbons (Fsp3) is 0.0500. The smallest absolute Gasteiger partial charge is 0.288 e. The Bertz CT molecular complexity index is 1160. The first-order chi connectivity index (χ1) is 13.3. The summed E-state index contributed by atoms with van der Waals surface area (Å²) in [7, 11) is -4.29. The lowest BCUT2D eigenvalue weighted by Gasteiger charge is -2.11. The number of aryl methyl sites for hydroxylation is 1. The van der Waals surface area contributed by atoms with Gasteiger partial charge in [-0.1, -0.05) is 42.0 Å². The third-order valence-corrected chi connectivity index (χ3v) is 5.94. The number of hydrogen-bond acceptors (Lipinski definition) is 5. The molecule has 0 spiro atoms. The molecule has 142 valence electrons. The van der Waals surface area contributed by atoms with E-state index < -0.39 is 31.3 Å². The van der Waals surface area contributed by atoms with Crippen LogP contribution in [0.2, 0.25) is 0 Å². The normalized spacial score (nSPS) is 11.0. The van der Waals surface area contributed by atoms with Gasteiger partial charge in [-0.3, -0.25) is 14.9 Å². The Hall–Kier alpha value is -3.52. The average Bonchev–Trinajstić information content (AvgIpc) is 2.69. The second-order valence-corrected chi connectivity index (χ2v) is 7.93. The van der Waals surface area contributed by atoms with E-state index in [0.717, 1.165) is 17.7 Å². The second kappa shape index (κ2) is 7.61. The zero-order valence-corrected chi connectivity index (χ0v) is 15.6. The molecule has 1 amide bonds. The average molecular weight is 396 g/mol. The molecule has 7 nitrogen and oxygen atoms in total. The number of amides is 1. The largest absolute Gasteiger partial charge is 0.322 e. The standard InChI is InChI=1S/C20H16N2O5S/c1-14-10-12-15(13-11-14)21-20(23)16-6-2-4-8-18(16)28(26,27)19-9-5-3-7-17(19)22(24)25/h2-13H,1H3,(H,21,23). The molecule has 0 aromatic heterocycles. The van der Waals surface area contributed by atoms with Crippen LogP contribution in [-0.4, -0.2) is 19.2 Å². The van der Waals surface area contributed by atoms with Crippen molar-refractivity contribution in [3.05, 3.63) is 94.0 Å². The number of para-hydroxylation sites is 1. The van der Waals surface area contributed by atoms with Crippen LogP contribution in [0.5, 0.6) is 0 Å². The van der Waals surface area contributed by atoms with Crippen molar-refractivity contribution in [2.45, 2.75) is 16.7 Å². The van der Waals surface area contributed by atoms with Crippen LogP contribution in [-0.2, 0) is 9.84 Å². The summed E-state index contributed by atoms with van der Waals surface area (Å²) in [6.45, 7) is 1.90. The van der Waals surface area contributed by atoms with E-state index in [1.165, 1.54) is 36.4 Å². The Morgan fingerprint density at radius 3 is 2.11 bits per heavy atom. The van der Waals surface area contributed by atoms with Gasteiger partial charge in [0.15, 0.2) is 0 Å². The lowest BCUT2D eigenvalue weighted by Crippen LogP contribution is -2.17. The molecule has 0 heterocycles. The first-order valence-electron chi connectivity index (χ1n) is 8.26. The number of benzene rings is 3. The van der Waals surface area contributed by atoms with Gasteiger partial charge in [0, 0.05) is 11.8 Å². The van der Waals surface area contributed by atoms with Gasteiger partial charge in [-0.2, -0.15) is 0 Å². The fourth-order valence-electron chi connectivity index (χ4n) is 2.68. The molecule has 0 aliphatic carbocycles. The van der Waals surface area contributed by atoms with Gasteiger partial charge < -0.3 is 5.32 Å². The minimum Gasteiger partial charge on any atom is -0.322 e. The molecular weight excluding hydrogens is 380 g/mol. The second-order valence-electron chi connectivity index (χ2n) is 6.04. The summed E-state index contributed by atoms with van der Waals surface area (Å²) < 4.78 is 26.2. The number of carbonyl (C=O) groups excluding carboxylic acids is 1. The zero-order valence-electron chi connectivity index (χ0n) is 14.8. The van der Waals surface area contributed by atoms with Crippen LogP contribution in [0.3, 0.4) is 0 Å². The number of nitro benzene ring substituents is 1. The van der Waals surface area contributed by atoms with Gasteiger partial charge in [-0.25, -0.2) is 8.42 Å². The molecule has 0 aliphatic rings. The van der Waals surface area contributed by atoms with Gasteiger partial charge in [0.1, 0.15) is 4.90 Å². The van der Waals surface area contributed by atoms with Gasteiger partial charge in [-0.15, -0.1) is 0 Å². The molecule has 3 aromatic carbocycles. The van der Waals surface area contributed by atoms with Crippen molar-refractivity contribution in [3.63, 3.8) is 0 Å². The molecule has 0 radical (unpaired) electrons. The number of anilines is 1. The highest BCUT2D eigenvalue weighted by atomic mass is 32.2. The van der Waals surface area contributed by atoms with Crippen LogP contribution in [0.4, 0.5) is 11.4 Å². The van der Waals surface area contributed by atoms with Gasteiger partial charge in [-0.05, 0) is 37.3 Å². The summed E-state index contributed by atoms with van der Waals surface area (Å²) in [6.07, 6.45) is 0. The molecule has 0 aliphatic heterocycles. The van der Waals surface area contributed by atoms with Crippen molar-refractivity contribution >= 4 is 27.1 Å². The third-order valence-electron chi connectivity index (χ3n) is 4.08. The van der Waals surface area contributed by atoms with Crippen molar-refractivity contribution in [1.29, 1.82) is 0 Å². The van der Waals surface area contributed by atoms with Crippen molar-refractivity contribution in [3.8, 4) is 0 Å². The van der Waals surface area contributed by atoms with Crippen molar-refractivity contribution in [2.75, 3.05) is 5.32 Å². The molecule has 0 unspecified atom stereocenters. The molecule has 3 rings (SSSR count). The van der Waals surface area contributed by atoms with E-state index >= 15 is 0 Å². The van der Waals surface area contributed by atoms with Crippen LogP contribution in [0.15, 0.2) is 82.6 Å². The Morgan fingerprint density at radius 1 is 0.893 bits per heavy atom. The highest BCUT2D eigenvalue weighted by Gasteiger charge is 2.30. The van der Waals surface area contributed by atoms with Crippen molar-refractivity contribution < 1.29 is 18.1 Å². The molecule has 0 atom stereocenters. The van der Waals surface area contributed by atoms with Crippen molar-refractivity contribution in [2.24, 2.45) is 0 Å². The lowest BCUT2D eigenvalue weighted by atomic mass is 10.2. The summed E-state index contributed by atoms with van der Waals surface area (Å²) in [6, 6.07) is 17.7. The quantitative estimate of drug-likeness (QED) is 0.518. The monoisotopic (exact) mass is 396 g/mol. The molecule has 0 saturated carbocycles. The first-order valence-corrected chi connectivity index (χ1v) is 9.74. The SMILES string of the molecule is Cc1ccc(NC(=O)c2ccccc2S(=O)(=O)c2ccccc2[N+](=O)[O-])cc1. The van der Waals surface area contributed by atoms with Crippen LogP contribution in [0.25, 0.3) is 0 Å². The minimum atomic E-state index is -4.29. The maximum absolute atomic E-state index is 13.1. The molecular formula is C20H16N2O5S. The molecule has 8 heteroatoms. The first kappa shape index (κ1) is 19.2. The van der Waals surface area contributed by atoms with Gasteiger partial charge in [0.2, 0.25) is 9.84 Å². The number of rotatable bonds is 5. The predicted octanol–water partition coefficient (Wildman–Crippen LogP) is 3.99. The summed E-state index contributed by atoms with van der Waals surface area (Å²) in [5.74, 6) is -0.624. The molecule has 3 aromatic rings. The molecule has 0 bridgehead atoms. The third kappa shape index (κ3) is 3.77. The van der Waals surface area contributed by atoms with Gasteiger partial charge in [0.05, 0.1) is 15.4 Å². The van der Waals surface area contributed by atoms with E-state index in [0.29, 0.717) is 5.69 Å². The van der Waals surface area contributed by atoms with Crippen LogP contribution in [0.1, 0.15) is 15.9 Å². The van der Waals surface area contributed by atoms with Crippen molar-refractivity contribution in [1.82, 2.24) is 0 Å². The van der Waals surface area contributed by atoms with Gasteiger partial charge in [0.25, 0.3) is 11.6 Å². The Balaban J connectivity index is 2.06. The van der Waals surface area contributed by atoms with E-state index in [-0.39, 0.29) is 10.5 Å².